The minimum absolute atomic E-state index is 0.0266. The van der Waals surface area contributed by atoms with Crippen molar-refractivity contribution in [2.75, 3.05) is 6.61 Å². The Morgan fingerprint density at radius 3 is 2.44 bits per heavy atom. The molecule has 0 unspecified atom stereocenters. The smallest absolute Gasteiger partial charge is 0.341 e. The molecule has 0 radical (unpaired) electrons. The molecule has 0 saturated heterocycles. The number of ether oxygens (including phenoxy) is 1. The van der Waals surface area contributed by atoms with Gasteiger partial charge in [0.15, 0.2) is 5.78 Å². The summed E-state index contributed by atoms with van der Waals surface area (Å²) >= 11 is 0. The highest BCUT2D eigenvalue weighted by Crippen LogP contribution is 2.39. The van der Waals surface area contributed by atoms with E-state index in [1.54, 1.807) is 20.8 Å². The number of hydrogen-bond donors (Lipinski definition) is 1. The van der Waals surface area contributed by atoms with Crippen LogP contribution in [0, 0.1) is 5.92 Å². The fourth-order valence-corrected chi connectivity index (χ4v) is 2.17. The Morgan fingerprint density at radius 1 is 1.50 bits per heavy atom. The summed E-state index contributed by atoms with van der Waals surface area (Å²) in [6, 6.07) is 0. The molecule has 0 saturated carbocycles. The van der Waals surface area contributed by atoms with Crippen molar-refractivity contribution in [3.05, 3.63) is 11.1 Å². The van der Waals surface area contributed by atoms with Crippen LogP contribution in [-0.2, 0) is 14.3 Å². The van der Waals surface area contributed by atoms with Gasteiger partial charge < -0.3 is 9.84 Å². The van der Waals surface area contributed by atoms with Crippen LogP contribution in [0.1, 0.15) is 34.1 Å². The lowest BCUT2D eigenvalue weighted by Crippen LogP contribution is -2.34. The van der Waals surface area contributed by atoms with Crippen molar-refractivity contribution < 1.29 is 19.4 Å². The summed E-state index contributed by atoms with van der Waals surface area (Å²) in [5.41, 5.74) is -0.782. The molecule has 1 aliphatic carbocycles. The number of Topliss-reactive ketones (excluding diaryl/α,β-unsaturated/α-hetero) is 1. The van der Waals surface area contributed by atoms with Crippen molar-refractivity contribution >= 4 is 11.8 Å². The van der Waals surface area contributed by atoms with Crippen LogP contribution in [0.15, 0.2) is 11.1 Å². The van der Waals surface area contributed by atoms with Gasteiger partial charge in [0, 0.05) is 0 Å². The summed E-state index contributed by atoms with van der Waals surface area (Å²) in [5.74, 6) is -1.46. The Hall–Kier alpha value is -1.16. The van der Waals surface area contributed by atoms with Crippen molar-refractivity contribution in [2.24, 2.45) is 5.92 Å². The largest absolute Gasteiger partial charge is 0.462 e. The van der Waals surface area contributed by atoms with Crippen molar-refractivity contribution in [3.63, 3.8) is 0 Å². The molecule has 4 heteroatoms. The molecule has 0 bridgehead atoms. The third-order valence-electron chi connectivity index (χ3n) is 3.26. The van der Waals surface area contributed by atoms with Gasteiger partial charge in [-0.25, -0.2) is 4.79 Å². The number of aliphatic hydroxyl groups is 1. The van der Waals surface area contributed by atoms with E-state index in [0.717, 1.165) is 0 Å². The van der Waals surface area contributed by atoms with Crippen LogP contribution >= 0.6 is 0 Å². The Labute approximate surface area is 95.3 Å². The number of esters is 1. The molecule has 0 aromatic heterocycles. The average molecular weight is 226 g/mol. The molecule has 0 aromatic rings. The lowest BCUT2D eigenvalue weighted by molar-refractivity contribution is -0.140. The molecule has 0 aliphatic heterocycles. The minimum Gasteiger partial charge on any atom is -0.462 e. The topological polar surface area (TPSA) is 63.6 Å². The van der Waals surface area contributed by atoms with E-state index in [9.17, 15) is 14.7 Å². The Balaban J connectivity index is 3.14. The minimum atomic E-state index is -1.23. The van der Waals surface area contributed by atoms with Gasteiger partial charge in [0.1, 0.15) is 5.57 Å². The maximum atomic E-state index is 12.0. The van der Waals surface area contributed by atoms with E-state index in [4.69, 9.17) is 4.74 Å². The van der Waals surface area contributed by atoms with Crippen molar-refractivity contribution in [1.82, 2.24) is 0 Å². The highest BCUT2D eigenvalue weighted by Gasteiger charge is 2.49. The van der Waals surface area contributed by atoms with Crippen molar-refractivity contribution in [1.29, 1.82) is 0 Å². The van der Waals surface area contributed by atoms with E-state index >= 15 is 0 Å². The van der Waals surface area contributed by atoms with Gasteiger partial charge in [-0.05, 0) is 32.8 Å². The van der Waals surface area contributed by atoms with E-state index in [1.807, 2.05) is 6.92 Å². The highest BCUT2D eigenvalue weighted by atomic mass is 16.5. The number of hydrogen-bond acceptors (Lipinski definition) is 4. The predicted molar refractivity (Wildman–Crippen MR) is 58.7 cm³/mol. The standard InChI is InChI=1S/C12H18O4/c1-5-8-10(13)9(11(14)16-6-2)7(3)12(8,4)15/h8,15H,5-6H2,1-4H3/t8-,12-/m1/s1. The van der Waals surface area contributed by atoms with E-state index in [2.05, 4.69) is 0 Å². The molecule has 16 heavy (non-hydrogen) atoms. The Bertz CT molecular complexity index is 352. The summed E-state index contributed by atoms with van der Waals surface area (Å²) in [5, 5.41) is 10.2. The fraction of sp³-hybridized carbons (Fsp3) is 0.667. The molecule has 0 heterocycles. The van der Waals surface area contributed by atoms with Gasteiger partial charge in [-0.3, -0.25) is 4.79 Å². The number of ketones is 1. The SMILES string of the molecule is CCOC(=O)C1=C(C)[C@@](C)(O)[C@H](CC)C1=O. The molecule has 0 aromatic carbocycles. The first-order chi connectivity index (χ1) is 7.37. The second-order valence-corrected chi connectivity index (χ2v) is 4.19. The normalized spacial score (nSPS) is 29.8. The zero-order chi connectivity index (χ0) is 12.5. The summed E-state index contributed by atoms with van der Waals surface area (Å²) in [6.45, 7) is 6.91. The second kappa shape index (κ2) is 4.37. The molecular weight excluding hydrogens is 208 g/mol. The monoisotopic (exact) mass is 226 g/mol. The molecule has 0 fully saturated rings. The van der Waals surface area contributed by atoms with Crippen LogP contribution in [-0.4, -0.2) is 29.1 Å². The summed E-state index contributed by atoms with van der Waals surface area (Å²) in [4.78, 5) is 23.6. The van der Waals surface area contributed by atoms with E-state index < -0.39 is 17.5 Å². The van der Waals surface area contributed by atoms with Gasteiger partial charge in [0.2, 0.25) is 0 Å². The molecule has 1 rings (SSSR count). The third-order valence-corrected chi connectivity index (χ3v) is 3.26. The van der Waals surface area contributed by atoms with Crippen LogP contribution < -0.4 is 0 Å². The summed E-state index contributed by atoms with van der Waals surface area (Å²) in [6.07, 6.45) is 0.506. The lowest BCUT2D eigenvalue weighted by atomic mass is 9.86. The van der Waals surface area contributed by atoms with Crippen LogP contribution in [0.4, 0.5) is 0 Å². The third kappa shape index (κ3) is 1.78. The zero-order valence-corrected chi connectivity index (χ0v) is 10.2. The molecule has 0 amide bonds. The molecular formula is C12H18O4. The van der Waals surface area contributed by atoms with Gasteiger partial charge in [-0.1, -0.05) is 6.92 Å². The molecule has 90 valence electrons. The van der Waals surface area contributed by atoms with Gasteiger partial charge in [-0.15, -0.1) is 0 Å². The predicted octanol–water partition coefficient (Wildman–Crippen LogP) is 1.23. The zero-order valence-electron chi connectivity index (χ0n) is 10.2. The van der Waals surface area contributed by atoms with Gasteiger partial charge in [0.05, 0.1) is 18.1 Å². The number of carbonyl (C=O) groups is 2. The van der Waals surface area contributed by atoms with Gasteiger partial charge in [-0.2, -0.15) is 0 Å². The van der Waals surface area contributed by atoms with E-state index in [0.29, 0.717) is 12.0 Å². The highest BCUT2D eigenvalue weighted by molar-refractivity contribution is 6.21. The first-order valence-corrected chi connectivity index (χ1v) is 5.52. The van der Waals surface area contributed by atoms with Gasteiger partial charge in [0.25, 0.3) is 0 Å². The van der Waals surface area contributed by atoms with Crippen LogP contribution in [0.25, 0.3) is 0 Å². The quantitative estimate of drug-likeness (QED) is 0.580. The van der Waals surface area contributed by atoms with Crippen LogP contribution in [0.5, 0.6) is 0 Å². The van der Waals surface area contributed by atoms with E-state index in [-0.39, 0.29) is 18.0 Å². The molecule has 0 spiro atoms. The summed E-state index contributed by atoms with van der Waals surface area (Å²) < 4.78 is 4.82. The second-order valence-electron chi connectivity index (χ2n) is 4.19. The van der Waals surface area contributed by atoms with Crippen molar-refractivity contribution in [2.45, 2.75) is 39.7 Å². The maximum Gasteiger partial charge on any atom is 0.341 e. The molecule has 1 N–H and O–H groups in total. The average Bonchev–Trinajstić information content (AvgIpc) is 2.34. The van der Waals surface area contributed by atoms with Crippen LogP contribution in [0.3, 0.4) is 0 Å². The summed E-state index contributed by atoms with van der Waals surface area (Å²) in [7, 11) is 0. The first kappa shape index (κ1) is 12.9. The number of carbonyl (C=O) groups excluding carboxylic acids is 2. The maximum absolute atomic E-state index is 12.0. The molecule has 4 nitrogen and oxygen atoms in total. The number of rotatable bonds is 3. The lowest BCUT2D eigenvalue weighted by Gasteiger charge is -2.25. The van der Waals surface area contributed by atoms with Gasteiger partial charge >= 0.3 is 5.97 Å². The van der Waals surface area contributed by atoms with E-state index in [1.165, 1.54) is 0 Å². The fourth-order valence-electron chi connectivity index (χ4n) is 2.17. The Morgan fingerprint density at radius 2 is 2.06 bits per heavy atom. The molecule has 1 aliphatic rings. The first-order valence-electron chi connectivity index (χ1n) is 5.52. The Kier molecular flexibility index (Phi) is 3.53. The molecule has 2 atom stereocenters. The van der Waals surface area contributed by atoms with Crippen LogP contribution in [0.2, 0.25) is 0 Å². The van der Waals surface area contributed by atoms with Crippen molar-refractivity contribution in [3.8, 4) is 0 Å².